The number of piperazine rings is 1. The number of nitrogens with one attached hydrogen (secondary N) is 1. The number of hydrogen-bond acceptors (Lipinski definition) is 4. The van der Waals surface area contributed by atoms with Crippen LogP contribution in [0.25, 0.3) is 0 Å². The lowest BCUT2D eigenvalue weighted by atomic mass is 10.2. The van der Waals surface area contributed by atoms with Gasteiger partial charge in [0.25, 0.3) is 5.91 Å². The number of carbonyl (C=O) groups is 3. The fourth-order valence-electron chi connectivity index (χ4n) is 2.86. The van der Waals surface area contributed by atoms with Crippen molar-refractivity contribution in [2.24, 2.45) is 0 Å². The van der Waals surface area contributed by atoms with Crippen molar-refractivity contribution in [3.05, 3.63) is 64.1 Å². The number of benzene rings is 2. The van der Waals surface area contributed by atoms with E-state index < -0.39 is 5.97 Å². The number of amides is 3. The average Bonchev–Trinajstić information content (AvgIpc) is 2.72. The number of rotatable bonds is 4. The van der Waals surface area contributed by atoms with Gasteiger partial charge in [0.05, 0.1) is 5.56 Å². The molecule has 0 unspecified atom stereocenters. The number of para-hydroxylation sites is 1. The number of ether oxygens (including phenoxy) is 1. The van der Waals surface area contributed by atoms with Crippen LogP contribution in [0.15, 0.2) is 48.5 Å². The van der Waals surface area contributed by atoms with Gasteiger partial charge in [-0.15, -0.1) is 0 Å². The summed E-state index contributed by atoms with van der Waals surface area (Å²) in [4.78, 5) is 39.9. The van der Waals surface area contributed by atoms with E-state index in [4.69, 9.17) is 27.9 Å². The number of urea groups is 1. The van der Waals surface area contributed by atoms with E-state index in [0.717, 1.165) is 0 Å². The van der Waals surface area contributed by atoms with Crippen LogP contribution in [0.4, 0.5) is 10.5 Å². The second-order valence-electron chi connectivity index (χ2n) is 6.40. The van der Waals surface area contributed by atoms with E-state index in [1.807, 2.05) is 18.2 Å². The van der Waals surface area contributed by atoms with Gasteiger partial charge in [-0.1, -0.05) is 41.4 Å². The Balaban J connectivity index is 1.45. The minimum Gasteiger partial charge on any atom is -0.452 e. The maximum atomic E-state index is 12.3. The van der Waals surface area contributed by atoms with Gasteiger partial charge in [-0.25, -0.2) is 9.59 Å². The van der Waals surface area contributed by atoms with Crippen LogP contribution in [0, 0.1) is 0 Å². The van der Waals surface area contributed by atoms with Gasteiger partial charge in [0.15, 0.2) is 6.61 Å². The molecule has 0 bridgehead atoms. The van der Waals surface area contributed by atoms with Crippen LogP contribution >= 0.6 is 23.2 Å². The van der Waals surface area contributed by atoms with Crippen molar-refractivity contribution in [1.82, 2.24) is 9.80 Å². The molecule has 1 saturated heterocycles. The average molecular weight is 436 g/mol. The minimum absolute atomic E-state index is 0.178. The van der Waals surface area contributed by atoms with E-state index in [2.05, 4.69) is 5.32 Å². The topological polar surface area (TPSA) is 79.0 Å². The fourth-order valence-corrected chi connectivity index (χ4v) is 3.38. The van der Waals surface area contributed by atoms with E-state index in [-0.39, 0.29) is 24.1 Å². The predicted molar refractivity (Wildman–Crippen MR) is 110 cm³/mol. The van der Waals surface area contributed by atoms with Crippen LogP contribution in [0.1, 0.15) is 10.4 Å². The molecule has 0 aromatic heterocycles. The first-order valence-corrected chi connectivity index (χ1v) is 9.70. The summed E-state index contributed by atoms with van der Waals surface area (Å²) in [5.74, 6) is -1.00. The first kappa shape index (κ1) is 21.0. The molecule has 1 aliphatic rings. The molecule has 0 atom stereocenters. The van der Waals surface area contributed by atoms with Gasteiger partial charge < -0.3 is 19.9 Å². The third-order valence-corrected chi connectivity index (χ3v) is 4.81. The van der Waals surface area contributed by atoms with Gasteiger partial charge in [-0.3, -0.25) is 4.79 Å². The first-order valence-electron chi connectivity index (χ1n) is 8.94. The summed E-state index contributed by atoms with van der Waals surface area (Å²) in [5.41, 5.74) is 0.890. The zero-order chi connectivity index (χ0) is 20.8. The van der Waals surface area contributed by atoms with Gasteiger partial charge >= 0.3 is 12.0 Å². The van der Waals surface area contributed by atoms with Gasteiger partial charge in [-0.05, 0) is 30.3 Å². The quantitative estimate of drug-likeness (QED) is 0.744. The lowest BCUT2D eigenvalue weighted by Gasteiger charge is -2.34. The molecule has 7 nitrogen and oxygen atoms in total. The summed E-state index contributed by atoms with van der Waals surface area (Å²) in [6, 6.07) is 13.3. The summed E-state index contributed by atoms with van der Waals surface area (Å²) in [6.07, 6.45) is 0. The zero-order valence-electron chi connectivity index (χ0n) is 15.4. The van der Waals surface area contributed by atoms with E-state index in [9.17, 15) is 14.4 Å². The molecule has 1 aliphatic heterocycles. The Morgan fingerprint density at radius 3 is 2.10 bits per heavy atom. The van der Waals surface area contributed by atoms with Crippen molar-refractivity contribution in [3.63, 3.8) is 0 Å². The highest BCUT2D eigenvalue weighted by atomic mass is 35.5. The molecule has 0 radical (unpaired) electrons. The van der Waals surface area contributed by atoms with Crippen molar-refractivity contribution >= 4 is 46.8 Å². The molecule has 2 aromatic rings. The molecule has 1 heterocycles. The molecule has 0 saturated carbocycles. The van der Waals surface area contributed by atoms with Crippen molar-refractivity contribution in [2.45, 2.75) is 0 Å². The van der Waals surface area contributed by atoms with Crippen LogP contribution < -0.4 is 5.32 Å². The maximum absolute atomic E-state index is 12.3. The lowest BCUT2D eigenvalue weighted by Crippen LogP contribution is -2.52. The normalized spacial score (nSPS) is 13.7. The standard InChI is InChI=1S/C20H19Cl2N3O4/c21-15-10-14(11-16(22)12-15)19(27)29-13-18(26)24-6-8-25(9-7-24)20(28)23-17-4-2-1-3-5-17/h1-5,10-12H,6-9,13H2,(H,23,28). The molecule has 2 aromatic carbocycles. The fraction of sp³-hybridized carbons (Fsp3) is 0.250. The first-order chi connectivity index (χ1) is 13.9. The molecule has 1 N–H and O–H groups in total. The Hall–Kier alpha value is -2.77. The van der Waals surface area contributed by atoms with E-state index in [1.54, 1.807) is 21.9 Å². The van der Waals surface area contributed by atoms with E-state index in [1.165, 1.54) is 18.2 Å². The van der Waals surface area contributed by atoms with Crippen LogP contribution in [-0.2, 0) is 9.53 Å². The summed E-state index contributed by atoms with van der Waals surface area (Å²) < 4.78 is 5.07. The Morgan fingerprint density at radius 1 is 0.897 bits per heavy atom. The highest BCUT2D eigenvalue weighted by Gasteiger charge is 2.25. The Labute approximate surface area is 178 Å². The third kappa shape index (κ3) is 5.85. The zero-order valence-corrected chi connectivity index (χ0v) is 16.9. The predicted octanol–water partition coefficient (Wildman–Crippen LogP) is 3.53. The molecular formula is C20H19Cl2N3O4. The number of esters is 1. The Kier molecular flexibility index (Phi) is 6.95. The van der Waals surface area contributed by atoms with Crippen LogP contribution in [0.5, 0.6) is 0 Å². The van der Waals surface area contributed by atoms with Gasteiger partial charge in [-0.2, -0.15) is 0 Å². The third-order valence-electron chi connectivity index (χ3n) is 4.37. The van der Waals surface area contributed by atoms with Crippen LogP contribution in [0.2, 0.25) is 10.0 Å². The monoisotopic (exact) mass is 435 g/mol. The number of hydrogen-bond donors (Lipinski definition) is 1. The number of carbonyl (C=O) groups excluding carboxylic acids is 3. The van der Waals surface area contributed by atoms with E-state index in [0.29, 0.717) is 41.9 Å². The molecule has 0 aliphatic carbocycles. The largest absolute Gasteiger partial charge is 0.452 e. The Bertz CT molecular complexity index is 880. The van der Waals surface area contributed by atoms with E-state index >= 15 is 0 Å². The van der Waals surface area contributed by atoms with Gasteiger partial charge in [0.2, 0.25) is 0 Å². The minimum atomic E-state index is -0.677. The van der Waals surface area contributed by atoms with Crippen molar-refractivity contribution in [3.8, 4) is 0 Å². The number of nitrogens with zero attached hydrogens (tertiary/aromatic N) is 2. The molecule has 0 spiro atoms. The highest BCUT2D eigenvalue weighted by Crippen LogP contribution is 2.19. The summed E-state index contributed by atoms with van der Waals surface area (Å²) in [7, 11) is 0. The van der Waals surface area contributed by atoms with Crippen molar-refractivity contribution in [1.29, 1.82) is 0 Å². The summed E-state index contributed by atoms with van der Waals surface area (Å²) in [5, 5.41) is 3.43. The van der Waals surface area contributed by atoms with Crippen LogP contribution in [0.3, 0.4) is 0 Å². The second-order valence-corrected chi connectivity index (χ2v) is 7.27. The number of anilines is 1. The van der Waals surface area contributed by atoms with Crippen molar-refractivity contribution in [2.75, 3.05) is 38.1 Å². The maximum Gasteiger partial charge on any atom is 0.338 e. The van der Waals surface area contributed by atoms with Crippen LogP contribution in [-0.4, -0.2) is 60.5 Å². The molecule has 29 heavy (non-hydrogen) atoms. The summed E-state index contributed by atoms with van der Waals surface area (Å²) in [6.45, 7) is 1.12. The second kappa shape index (κ2) is 9.62. The van der Waals surface area contributed by atoms with Gasteiger partial charge in [0, 0.05) is 41.9 Å². The SMILES string of the molecule is O=C(OCC(=O)N1CCN(C(=O)Nc2ccccc2)CC1)c1cc(Cl)cc(Cl)c1. The van der Waals surface area contributed by atoms with Gasteiger partial charge in [0.1, 0.15) is 0 Å². The summed E-state index contributed by atoms with van der Waals surface area (Å²) >= 11 is 11.7. The smallest absolute Gasteiger partial charge is 0.338 e. The molecule has 152 valence electrons. The highest BCUT2D eigenvalue weighted by molar-refractivity contribution is 6.35. The molecule has 3 amide bonds. The molecule has 1 fully saturated rings. The Morgan fingerprint density at radius 2 is 1.48 bits per heavy atom. The lowest BCUT2D eigenvalue weighted by molar-refractivity contribution is -0.135. The molecule has 3 rings (SSSR count). The van der Waals surface area contributed by atoms with Crippen molar-refractivity contribution < 1.29 is 19.1 Å². The molecule has 9 heteroatoms. The molecular weight excluding hydrogens is 417 g/mol. The number of halogens is 2.